The van der Waals surface area contributed by atoms with Crippen molar-refractivity contribution >= 4 is 16.8 Å². The minimum Gasteiger partial charge on any atom is -0.493 e. The fourth-order valence-electron chi connectivity index (χ4n) is 2.77. The van der Waals surface area contributed by atoms with Crippen LogP contribution in [-0.4, -0.2) is 31.7 Å². The summed E-state index contributed by atoms with van der Waals surface area (Å²) in [6, 6.07) is 14.9. The van der Waals surface area contributed by atoms with Gasteiger partial charge in [0.15, 0.2) is 11.5 Å². The predicted octanol–water partition coefficient (Wildman–Crippen LogP) is 3.83. The highest BCUT2D eigenvalue weighted by Crippen LogP contribution is 2.33. The molecule has 3 aromatic rings. The number of carbonyl (C=O) groups excluding carboxylic acids is 1. The van der Waals surface area contributed by atoms with Crippen LogP contribution in [0.5, 0.6) is 11.5 Å². The molecule has 5 nitrogen and oxygen atoms in total. The quantitative estimate of drug-likeness (QED) is 0.688. The summed E-state index contributed by atoms with van der Waals surface area (Å²) in [5, 5.41) is 3.63. The number of nitrogens with zero attached hydrogens (tertiary/aromatic N) is 1. The first-order valence-corrected chi connectivity index (χ1v) is 8.19. The highest BCUT2D eigenvalue weighted by Gasteiger charge is 2.14. The maximum absolute atomic E-state index is 12.6. The second kappa shape index (κ2) is 7.70. The Kier molecular flexibility index (Phi) is 5.17. The number of nitrogens with one attached hydrogen (secondary N) is 1. The molecular weight excluding hydrogens is 328 g/mol. The second-order valence-electron chi connectivity index (χ2n) is 5.64. The Balaban J connectivity index is 2.15. The summed E-state index contributed by atoms with van der Waals surface area (Å²) in [5.74, 6) is 1.09. The van der Waals surface area contributed by atoms with Crippen molar-refractivity contribution in [3.05, 3.63) is 66.7 Å². The standard InChI is InChI=1S/C21H20N2O3/c1-4-11-22-21(24)16-13-18(23-17-8-6-5-7-15(16)17)14-9-10-19(25-2)20(12-14)26-3/h4-10,12-13H,1,11H2,2-3H3,(H,22,24). The van der Waals surface area contributed by atoms with Gasteiger partial charge in [-0.25, -0.2) is 4.98 Å². The third-order valence-electron chi connectivity index (χ3n) is 4.05. The van der Waals surface area contributed by atoms with E-state index in [1.54, 1.807) is 26.4 Å². The lowest BCUT2D eigenvalue weighted by Crippen LogP contribution is -2.23. The molecule has 0 atom stereocenters. The lowest BCUT2D eigenvalue weighted by molar-refractivity contribution is 0.0959. The molecule has 2 aromatic carbocycles. The average molecular weight is 348 g/mol. The molecule has 0 spiro atoms. The molecule has 0 unspecified atom stereocenters. The maximum Gasteiger partial charge on any atom is 0.252 e. The number of benzene rings is 2. The molecule has 0 radical (unpaired) electrons. The van der Waals surface area contributed by atoms with Crippen LogP contribution in [0.1, 0.15) is 10.4 Å². The van der Waals surface area contributed by atoms with Crippen LogP contribution in [0.15, 0.2) is 61.2 Å². The zero-order valence-corrected chi connectivity index (χ0v) is 14.8. The number of hydrogen-bond donors (Lipinski definition) is 1. The lowest BCUT2D eigenvalue weighted by Gasteiger charge is -2.12. The molecule has 0 aliphatic rings. The number of carbonyl (C=O) groups is 1. The summed E-state index contributed by atoms with van der Waals surface area (Å²) in [4.78, 5) is 17.3. The summed E-state index contributed by atoms with van der Waals surface area (Å²) in [7, 11) is 3.18. The van der Waals surface area contributed by atoms with Gasteiger partial charge in [0.2, 0.25) is 0 Å². The Morgan fingerprint density at radius 1 is 1.12 bits per heavy atom. The van der Waals surface area contributed by atoms with Gasteiger partial charge in [-0.15, -0.1) is 6.58 Å². The van der Waals surface area contributed by atoms with Gasteiger partial charge >= 0.3 is 0 Å². The summed E-state index contributed by atoms with van der Waals surface area (Å²) < 4.78 is 10.7. The normalized spacial score (nSPS) is 10.4. The smallest absolute Gasteiger partial charge is 0.252 e. The molecule has 1 heterocycles. The van der Waals surface area contributed by atoms with E-state index in [0.29, 0.717) is 29.3 Å². The highest BCUT2D eigenvalue weighted by atomic mass is 16.5. The molecule has 1 N–H and O–H groups in total. The van der Waals surface area contributed by atoms with Crippen LogP contribution < -0.4 is 14.8 Å². The van der Waals surface area contributed by atoms with Gasteiger partial charge in [-0.2, -0.15) is 0 Å². The molecule has 132 valence electrons. The van der Waals surface area contributed by atoms with Gasteiger partial charge in [0.05, 0.1) is 31.0 Å². The number of methoxy groups -OCH3 is 2. The first kappa shape index (κ1) is 17.5. The molecule has 0 aliphatic carbocycles. The van der Waals surface area contributed by atoms with Crippen LogP contribution in [-0.2, 0) is 0 Å². The minimum absolute atomic E-state index is 0.162. The summed E-state index contributed by atoms with van der Waals surface area (Å²) in [6.45, 7) is 4.04. The summed E-state index contributed by atoms with van der Waals surface area (Å²) in [5.41, 5.74) is 2.85. The summed E-state index contributed by atoms with van der Waals surface area (Å²) >= 11 is 0. The molecule has 5 heteroatoms. The van der Waals surface area contributed by atoms with E-state index >= 15 is 0 Å². The Morgan fingerprint density at radius 3 is 2.62 bits per heavy atom. The fraction of sp³-hybridized carbons (Fsp3) is 0.143. The molecule has 0 aliphatic heterocycles. The molecule has 0 fully saturated rings. The molecule has 26 heavy (non-hydrogen) atoms. The largest absolute Gasteiger partial charge is 0.493 e. The van der Waals surface area contributed by atoms with Gasteiger partial charge in [-0.1, -0.05) is 24.3 Å². The Labute approximate surface area is 152 Å². The minimum atomic E-state index is -0.162. The fourth-order valence-corrected chi connectivity index (χ4v) is 2.77. The van der Waals surface area contributed by atoms with Crippen molar-refractivity contribution < 1.29 is 14.3 Å². The molecule has 0 bridgehead atoms. The topological polar surface area (TPSA) is 60.5 Å². The number of para-hydroxylation sites is 1. The number of ether oxygens (including phenoxy) is 2. The lowest BCUT2D eigenvalue weighted by atomic mass is 10.0. The van der Waals surface area contributed by atoms with Gasteiger partial charge in [-0.3, -0.25) is 4.79 Å². The van der Waals surface area contributed by atoms with Crippen molar-refractivity contribution in [3.8, 4) is 22.8 Å². The van der Waals surface area contributed by atoms with Crippen LogP contribution in [0.25, 0.3) is 22.2 Å². The predicted molar refractivity (Wildman–Crippen MR) is 103 cm³/mol. The Morgan fingerprint density at radius 2 is 1.88 bits per heavy atom. The van der Waals surface area contributed by atoms with E-state index in [-0.39, 0.29) is 5.91 Å². The Bertz CT molecular complexity index is 967. The Hall–Kier alpha value is -3.34. The third-order valence-corrected chi connectivity index (χ3v) is 4.05. The van der Waals surface area contributed by atoms with E-state index in [1.807, 2.05) is 42.5 Å². The zero-order chi connectivity index (χ0) is 18.5. The monoisotopic (exact) mass is 348 g/mol. The number of amides is 1. The molecular formula is C21H20N2O3. The van der Waals surface area contributed by atoms with E-state index in [0.717, 1.165) is 16.5 Å². The highest BCUT2D eigenvalue weighted by molar-refractivity contribution is 6.07. The van der Waals surface area contributed by atoms with Crippen LogP contribution in [0.2, 0.25) is 0 Å². The number of fused-ring (bicyclic) bond motifs is 1. The number of pyridine rings is 1. The molecule has 1 amide bonds. The first-order chi connectivity index (χ1) is 12.7. The third kappa shape index (κ3) is 3.37. The summed E-state index contributed by atoms with van der Waals surface area (Å²) in [6.07, 6.45) is 1.65. The number of aromatic nitrogens is 1. The number of hydrogen-bond acceptors (Lipinski definition) is 4. The molecule has 1 aromatic heterocycles. The van der Waals surface area contributed by atoms with Crippen molar-refractivity contribution in [3.63, 3.8) is 0 Å². The maximum atomic E-state index is 12.6. The van der Waals surface area contributed by atoms with E-state index < -0.39 is 0 Å². The molecule has 0 saturated heterocycles. The SMILES string of the molecule is C=CCNC(=O)c1cc(-c2ccc(OC)c(OC)c2)nc2ccccc12. The van der Waals surface area contributed by atoms with Gasteiger partial charge in [0, 0.05) is 17.5 Å². The van der Waals surface area contributed by atoms with Gasteiger partial charge in [0.1, 0.15) is 0 Å². The molecule has 3 rings (SSSR count). The van der Waals surface area contributed by atoms with Crippen LogP contribution >= 0.6 is 0 Å². The van der Waals surface area contributed by atoms with Crippen molar-refractivity contribution in [2.45, 2.75) is 0 Å². The van der Waals surface area contributed by atoms with Gasteiger partial charge in [0.25, 0.3) is 5.91 Å². The van der Waals surface area contributed by atoms with E-state index in [1.165, 1.54) is 0 Å². The second-order valence-corrected chi connectivity index (χ2v) is 5.64. The van der Waals surface area contributed by atoms with Crippen LogP contribution in [0, 0.1) is 0 Å². The van der Waals surface area contributed by atoms with Crippen LogP contribution in [0.3, 0.4) is 0 Å². The van der Waals surface area contributed by atoms with Crippen molar-refractivity contribution in [2.24, 2.45) is 0 Å². The number of rotatable bonds is 6. The van der Waals surface area contributed by atoms with E-state index in [2.05, 4.69) is 11.9 Å². The van der Waals surface area contributed by atoms with Crippen molar-refractivity contribution in [1.29, 1.82) is 0 Å². The zero-order valence-electron chi connectivity index (χ0n) is 14.8. The van der Waals surface area contributed by atoms with Gasteiger partial charge < -0.3 is 14.8 Å². The first-order valence-electron chi connectivity index (χ1n) is 8.19. The molecule has 0 saturated carbocycles. The van der Waals surface area contributed by atoms with Crippen molar-refractivity contribution in [1.82, 2.24) is 10.3 Å². The van der Waals surface area contributed by atoms with Gasteiger partial charge in [-0.05, 0) is 30.3 Å². The van der Waals surface area contributed by atoms with Crippen molar-refractivity contribution in [2.75, 3.05) is 20.8 Å². The average Bonchev–Trinajstić information content (AvgIpc) is 2.70. The van der Waals surface area contributed by atoms with E-state index in [9.17, 15) is 4.79 Å². The van der Waals surface area contributed by atoms with Crippen LogP contribution in [0.4, 0.5) is 0 Å². The van der Waals surface area contributed by atoms with E-state index in [4.69, 9.17) is 14.5 Å².